The van der Waals surface area contributed by atoms with Gasteiger partial charge in [-0.3, -0.25) is 19.2 Å². The summed E-state index contributed by atoms with van der Waals surface area (Å²) in [6.07, 6.45) is 0.772. The van der Waals surface area contributed by atoms with Crippen molar-refractivity contribution in [3.05, 3.63) is 28.2 Å². The van der Waals surface area contributed by atoms with Gasteiger partial charge in [-0.2, -0.15) is 0 Å². The molecule has 2 aliphatic heterocycles. The van der Waals surface area contributed by atoms with E-state index in [1.54, 1.807) is 0 Å². The molecule has 2 amide bonds. The number of nitrogens with zero attached hydrogens (tertiary/aromatic N) is 2. The number of pyridine rings is 1. The Kier molecular flexibility index (Phi) is 5.92. The number of fused-ring (bicyclic) bond motifs is 1. The zero-order valence-electron chi connectivity index (χ0n) is 14.2. The third-order valence-corrected chi connectivity index (χ3v) is 3.96. The van der Waals surface area contributed by atoms with Gasteiger partial charge < -0.3 is 30.3 Å². The van der Waals surface area contributed by atoms with E-state index in [1.807, 2.05) is 0 Å². The molecule has 1 fully saturated rings. The number of carbonyl (C=O) groups is 2. The van der Waals surface area contributed by atoms with Gasteiger partial charge in [-0.25, -0.2) is 4.79 Å². The Morgan fingerprint density at radius 3 is 2.92 bits per heavy atom. The van der Waals surface area contributed by atoms with Crippen molar-refractivity contribution < 1.29 is 23.8 Å². The van der Waals surface area contributed by atoms with E-state index in [0.29, 0.717) is 26.3 Å². The Labute approximate surface area is 149 Å². The molecule has 11 heteroatoms. The molecule has 1 aromatic heterocycles. The minimum atomic E-state index is -0.661. The second kappa shape index (κ2) is 8.54. The third-order valence-electron chi connectivity index (χ3n) is 3.96. The van der Waals surface area contributed by atoms with Crippen LogP contribution >= 0.6 is 0 Å². The number of carbonyl (C=O) groups excluding carboxylic acids is 2. The summed E-state index contributed by atoms with van der Waals surface area (Å²) >= 11 is 0. The maximum atomic E-state index is 11.9. The summed E-state index contributed by atoms with van der Waals surface area (Å²) in [5, 5.41) is 5.14. The first-order chi connectivity index (χ1) is 12.6. The predicted molar refractivity (Wildman–Crippen MR) is 89.6 cm³/mol. The van der Waals surface area contributed by atoms with Crippen LogP contribution in [-0.2, 0) is 9.47 Å². The highest BCUT2D eigenvalue weighted by Crippen LogP contribution is 2.14. The minimum absolute atomic E-state index is 0.0278. The molecule has 26 heavy (non-hydrogen) atoms. The summed E-state index contributed by atoms with van der Waals surface area (Å²) in [4.78, 5) is 37.7. The lowest BCUT2D eigenvalue weighted by Crippen LogP contribution is -2.43. The van der Waals surface area contributed by atoms with Gasteiger partial charge in [0.1, 0.15) is 6.67 Å². The van der Waals surface area contributed by atoms with E-state index in [1.165, 1.54) is 16.9 Å². The summed E-state index contributed by atoms with van der Waals surface area (Å²) in [5.41, 5.74) is 2.40. The van der Waals surface area contributed by atoms with Crippen molar-refractivity contribution >= 4 is 12.0 Å². The smallest absolute Gasteiger partial charge is 0.410 e. The zero-order chi connectivity index (χ0) is 18.4. The van der Waals surface area contributed by atoms with Gasteiger partial charge in [0.25, 0.3) is 5.91 Å². The fraction of sp³-hybridized carbons (Fsp3) is 0.533. The monoisotopic (exact) mass is 367 g/mol. The molecule has 3 N–H and O–H groups in total. The van der Waals surface area contributed by atoms with Crippen LogP contribution in [0.4, 0.5) is 4.79 Å². The second-order valence-corrected chi connectivity index (χ2v) is 5.64. The number of amides is 2. The van der Waals surface area contributed by atoms with E-state index >= 15 is 0 Å². The highest BCUT2D eigenvalue weighted by molar-refractivity contribution is 5.96. The molecule has 0 atom stereocenters. The molecule has 2 aliphatic rings. The molecule has 142 valence electrons. The molecule has 11 nitrogen and oxygen atoms in total. The van der Waals surface area contributed by atoms with E-state index in [9.17, 15) is 14.4 Å². The van der Waals surface area contributed by atoms with Gasteiger partial charge in [0.15, 0.2) is 5.69 Å². The van der Waals surface area contributed by atoms with Crippen LogP contribution in [0, 0.1) is 0 Å². The molecule has 3 rings (SSSR count). The van der Waals surface area contributed by atoms with E-state index < -0.39 is 24.2 Å². The number of morpholine rings is 1. The minimum Gasteiger partial charge on any atom is -0.451 e. The molecule has 0 aliphatic carbocycles. The largest absolute Gasteiger partial charge is 0.451 e. The van der Waals surface area contributed by atoms with E-state index in [4.69, 9.17) is 14.2 Å². The molecule has 3 heterocycles. The average molecular weight is 367 g/mol. The molecule has 1 aromatic rings. The van der Waals surface area contributed by atoms with Gasteiger partial charge in [-0.05, 0) is 0 Å². The highest BCUT2D eigenvalue weighted by Gasteiger charge is 2.23. The quantitative estimate of drug-likeness (QED) is 0.519. The summed E-state index contributed by atoms with van der Waals surface area (Å²) < 4.78 is 16.8. The van der Waals surface area contributed by atoms with Gasteiger partial charge in [0.05, 0.1) is 13.2 Å². The van der Waals surface area contributed by atoms with Crippen molar-refractivity contribution in [3.63, 3.8) is 0 Å². The molecule has 0 unspecified atom stereocenters. The van der Waals surface area contributed by atoms with Crippen LogP contribution in [0.3, 0.4) is 0 Å². The second-order valence-electron chi connectivity index (χ2n) is 5.64. The number of hydrogen-bond donors (Lipinski definition) is 3. The molecular weight excluding hydrogens is 346 g/mol. The first kappa shape index (κ1) is 18.0. The van der Waals surface area contributed by atoms with Crippen molar-refractivity contribution in [2.24, 2.45) is 0 Å². The standard InChI is InChI=1S/C15H21N5O6/c21-11-1-3-20-12(14(22)17-9-18-20)13(11)25-10-26-15(23)16-2-4-19-5-7-24-8-6-19/h1,3,18H,2,4-10H2,(H,16,23)(H,17,22). The lowest BCUT2D eigenvalue weighted by molar-refractivity contribution is 0.0365. The van der Waals surface area contributed by atoms with Crippen LogP contribution in [0.1, 0.15) is 10.5 Å². The van der Waals surface area contributed by atoms with Crippen molar-refractivity contribution in [1.82, 2.24) is 20.2 Å². The van der Waals surface area contributed by atoms with Crippen molar-refractivity contribution in [2.45, 2.75) is 0 Å². The fourth-order valence-corrected chi connectivity index (χ4v) is 2.62. The molecule has 1 saturated heterocycles. The first-order valence-electron chi connectivity index (χ1n) is 8.26. The van der Waals surface area contributed by atoms with Crippen molar-refractivity contribution in [2.75, 3.05) is 58.3 Å². The molecule has 0 spiro atoms. The number of ether oxygens (including phenoxy) is 3. The molecule has 0 saturated carbocycles. The van der Waals surface area contributed by atoms with Crippen molar-refractivity contribution in [3.8, 4) is 5.75 Å². The van der Waals surface area contributed by atoms with Crippen molar-refractivity contribution in [1.29, 1.82) is 0 Å². The lowest BCUT2D eigenvalue weighted by Gasteiger charge is -2.26. The Hall–Kier alpha value is -2.79. The van der Waals surface area contributed by atoms with Crippen LogP contribution in [0.25, 0.3) is 0 Å². The number of nitrogens with one attached hydrogen (secondary N) is 3. The van der Waals surface area contributed by atoms with Gasteiger partial charge in [0, 0.05) is 38.4 Å². The van der Waals surface area contributed by atoms with Crippen LogP contribution in [0.2, 0.25) is 0 Å². The summed E-state index contributed by atoms with van der Waals surface area (Å²) in [7, 11) is 0. The Bertz CT molecular complexity index is 715. The molecule has 0 radical (unpaired) electrons. The third kappa shape index (κ3) is 4.43. The van der Waals surface area contributed by atoms with E-state index in [2.05, 4.69) is 21.0 Å². The lowest BCUT2D eigenvalue weighted by atomic mass is 10.3. The van der Waals surface area contributed by atoms with Crippen LogP contribution < -0.4 is 26.2 Å². The molecule has 0 aromatic carbocycles. The van der Waals surface area contributed by atoms with Crippen LogP contribution in [0.15, 0.2) is 17.1 Å². The highest BCUT2D eigenvalue weighted by atomic mass is 16.7. The summed E-state index contributed by atoms with van der Waals surface area (Å²) in [6.45, 7) is 3.92. The number of alkyl carbamates (subject to hydrolysis) is 1. The molecule has 0 bridgehead atoms. The maximum Gasteiger partial charge on any atom is 0.410 e. The van der Waals surface area contributed by atoms with Gasteiger partial charge in [0.2, 0.25) is 18.0 Å². The van der Waals surface area contributed by atoms with Gasteiger partial charge in [-0.15, -0.1) is 0 Å². The fourth-order valence-electron chi connectivity index (χ4n) is 2.62. The Morgan fingerprint density at radius 2 is 2.12 bits per heavy atom. The Morgan fingerprint density at radius 1 is 1.31 bits per heavy atom. The van der Waals surface area contributed by atoms with E-state index in [0.717, 1.165) is 13.1 Å². The molecular formula is C15H21N5O6. The predicted octanol–water partition coefficient (Wildman–Crippen LogP) is -1.51. The number of hydrogen-bond acceptors (Lipinski definition) is 8. The van der Waals surface area contributed by atoms with Crippen LogP contribution in [0.5, 0.6) is 5.75 Å². The summed E-state index contributed by atoms with van der Waals surface area (Å²) in [5.74, 6) is -0.635. The first-order valence-corrected chi connectivity index (χ1v) is 8.26. The number of rotatable bonds is 6. The topological polar surface area (TPSA) is 123 Å². The van der Waals surface area contributed by atoms with Gasteiger partial charge in [-0.1, -0.05) is 0 Å². The normalized spacial score (nSPS) is 16.8. The maximum absolute atomic E-state index is 11.9. The van der Waals surface area contributed by atoms with Gasteiger partial charge >= 0.3 is 6.09 Å². The SMILES string of the molecule is O=C(NCCN1CCOCC1)OCOc1c2n(ccc1=O)NCNC2=O. The zero-order valence-corrected chi connectivity index (χ0v) is 14.2. The summed E-state index contributed by atoms with van der Waals surface area (Å²) in [6, 6.07) is 1.26. The average Bonchev–Trinajstić information content (AvgIpc) is 2.65. The van der Waals surface area contributed by atoms with Crippen LogP contribution in [-0.4, -0.2) is 74.4 Å². The van der Waals surface area contributed by atoms with E-state index in [-0.39, 0.29) is 18.1 Å². The Balaban J connectivity index is 1.45. The number of aromatic nitrogens is 1.